The Kier molecular flexibility index (Phi) is 4.53. The fourth-order valence-electron chi connectivity index (χ4n) is 1.93. The molecule has 3 heteroatoms. The van der Waals surface area contributed by atoms with Crippen LogP contribution >= 0.6 is 0 Å². The van der Waals surface area contributed by atoms with E-state index in [1.807, 2.05) is 32.3 Å². The second kappa shape index (κ2) is 6.34. The van der Waals surface area contributed by atoms with Crippen molar-refractivity contribution < 1.29 is 4.39 Å². The zero-order valence-electron chi connectivity index (χ0n) is 11.4. The molecule has 0 aliphatic heterocycles. The van der Waals surface area contributed by atoms with E-state index in [0.717, 1.165) is 12.2 Å². The third-order valence-electron chi connectivity index (χ3n) is 2.89. The van der Waals surface area contributed by atoms with Gasteiger partial charge in [0.05, 0.1) is 0 Å². The Bertz CT molecular complexity index is 521. The molecule has 0 aliphatic carbocycles. The van der Waals surface area contributed by atoms with Crippen LogP contribution in [0.3, 0.4) is 0 Å². The van der Waals surface area contributed by atoms with Gasteiger partial charge in [-0.2, -0.15) is 0 Å². The van der Waals surface area contributed by atoms with Crippen LogP contribution in [-0.4, -0.2) is 19.0 Å². The zero-order chi connectivity index (χ0) is 13.7. The Hall–Kier alpha value is -1.87. The van der Waals surface area contributed by atoms with E-state index >= 15 is 0 Å². The van der Waals surface area contributed by atoms with Crippen molar-refractivity contribution in [3.63, 3.8) is 0 Å². The third kappa shape index (κ3) is 4.07. The van der Waals surface area contributed by atoms with E-state index in [4.69, 9.17) is 0 Å². The molecule has 0 saturated heterocycles. The molecule has 0 atom stereocenters. The first-order chi connectivity index (χ1) is 9.15. The summed E-state index contributed by atoms with van der Waals surface area (Å²) >= 11 is 0. The van der Waals surface area contributed by atoms with Crippen molar-refractivity contribution in [2.24, 2.45) is 0 Å². The first kappa shape index (κ1) is 13.6. The number of benzene rings is 2. The van der Waals surface area contributed by atoms with Gasteiger partial charge < -0.3 is 10.2 Å². The highest BCUT2D eigenvalue weighted by Gasteiger charge is 2.00. The van der Waals surface area contributed by atoms with Crippen molar-refractivity contribution in [3.8, 4) is 0 Å². The summed E-state index contributed by atoms with van der Waals surface area (Å²) in [6, 6.07) is 15.1. The molecule has 0 aliphatic rings. The average Bonchev–Trinajstić information content (AvgIpc) is 2.39. The molecule has 2 rings (SSSR count). The maximum atomic E-state index is 13.5. The van der Waals surface area contributed by atoms with Gasteiger partial charge in [-0.3, -0.25) is 0 Å². The van der Waals surface area contributed by atoms with Crippen LogP contribution in [-0.2, 0) is 13.1 Å². The minimum atomic E-state index is -0.167. The van der Waals surface area contributed by atoms with E-state index in [1.54, 1.807) is 12.1 Å². The lowest BCUT2D eigenvalue weighted by molar-refractivity contribution is 0.402. The molecular weight excluding hydrogens is 239 g/mol. The van der Waals surface area contributed by atoms with Crippen LogP contribution in [0.1, 0.15) is 11.1 Å². The summed E-state index contributed by atoms with van der Waals surface area (Å²) in [7, 11) is 4.09. The Balaban J connectivity index is 1.95. The molecule has 0 radical (unpaired) electrons. The molecule has 0 aromatic heterocycles. The molecule has 0 saturated carbocycles. The van der Waals surface area contributed by atoms with Crippen molar-refractivity contribution in [1.82, 2.24) is 4.90 Å². The predicted molar refractivity (Wildman–Crippen MR) is 77.6 cm³/mol. The highest BCUT2D eigenvalue weighted by atomic mass is 19.1. The number of anilines is 1. The van der Waals surface area contributed by atoms with Crippen molar-refractivity contribution in [1.29, 1.82) is 0 Å². The summed E-state index contributed by atoms with van der Waals surface area (Å²) in [5.74, 6) is -0.167. The first-order valence-corrected chi connectivity index (χ1v) is 6.36. The van der Waals surface area contributed by atoms with Gasteiger partial charge in [-0.15, -0.1) is 0 Å². The number of halogens is 1. The smallest absolute Gasteiger partial charge is 0.128 e. The quantitative estimate of drug-likeness (QED) is 0.883. The summed E-state index contributed by atoms with van der Waals surface area (Å²) in [6.07, 6.45) is 0. The van der Waals surface area contributed by atoms with Gasteiger partial charge in [0.25, 0.3) is 0 Å². The molecular formula is C16H19FN2. The van der Waals surface area contributed by atoms with E-state index in [2.05, 4.69) is 22.3 Å². The zero-order valence-corrected chi connectivity index (χ0v) is 11.4. The predicted octanol–water partition coefficient (Wildman–Crippen LogP) is 3.50. The van der Waals surface area contributed by atoms with Crippen molar-refractivity contribution in [2.45, 2.75) is 13.1 Å². The van der Waals surface area contributed by atoms with Crippen LogP contribution in [0.2, 0.25) is 0 Å². The molecule has 2 aromatic carbocycles. The number of nitrogens with zero attached hydrogens (tertiary/aromatic N) is 1. The van der Waals surface area contributed by atoms with E-state index in [1.165, 1.54) is 11.6 Å². The monoisotopic (exact) mass is 258 g/mol. The van der Waals surface area contributed by atoms with Crippen LogP contribution in [0, 0.1) is 5.82 Å². The fourth-order valence-corrected chi connectivity index (χ4v) is 1.93. The second-order valence-corrected chi connectivity index (χ2v) is 4.88. The summed E-state index contributed by atoms with van der Waals surface area (Å²) in [5.41, 5.74) is 2.95. The second-order valence-electron chi connectivity index (χ2n) is 4.88. The highest BCUT2D eigenvalue weighted by Crippen LogP contribution is 2.13. The third-order valence-corrected chi connectivity index (χ3v) is 2.89. The molecule has 1 N–H and O–H groups in total. The summed E-state index contributed by atoms with van der Waals surface area (Å²) in [6.45, 7) is 1.42. The van der Waals surface area contributed by atoms with Crippen LogP contribution in [0.5, 0.6) is 0 Å². The average molecular weight is 258 g/mol. The number of rotatable bonds is 5. The van der Waals surface area contributed by atoms with Gasteiger partial charge in [-0.25, -0.2) is 4.39 Å². The summed E-state index contributed by atoms with van der Waals surface area (Å²) in [5, 5.41) is 3.23. The molecule has 100 valence electrons. The van der Waals surface area contributed by atoms with Gasteiger partial charge in [-0.05, 0) is 37.9 Å². The maximum Gasteiger partial charge on any atom is 0.128 e. The van der Waals surface area contributed by atoms with Crippen LogP contribution in [0.15, 0.2) is 48.5 Å². The largest absolute Gasteiger partial charge is 0.381 e. The standard InChI is InChI=1S/C16H19FN2/c1-19(2)12-13-7-9-15(10-8-13)18-11-14-5-3-4-6-16(14)17/h3-10,18H,11-12H2,1-2H3. The lowest BCUT2D eigenvalue weighted by Gasteiger charge is -2.11. The summed E-state index contributed by atoms with van der Waals surface area (Å²) < 4.78 is 13.5. The normalized spacial score (nSPS) is 10.7. The molecule has 0 heterocycles. The SMILES string of the molecule is CN(C)Cc1ccc(NCc2ccccc2F)cc1. The lowest BCUT2D eigenvalue weighted by Crippen LogP contribution is -2.10. The molecule has 0 bridgehead atoms. The first-order valence-electron chi connectivity index (χ1n) is 6.36. The highest BCUT2D eigenvalue weighted by molar-refractivity contribution is 5.45. The number of nitrogens with one attached hydrogen (secondary N) is 1. The van der Waals surface area contributed by atoms with Crippen LogP contribution in [0.4, 0.5) is 10.1 Å². The molecule has 0 fully saturated rings. The van der Waals surface area contributed by atoms with E-state index in [0.29, 0.717) is 12.1 Å². The minimum absolute atomic E-state index is 0.167. The van der Waals surface area contributed by atoms with Crippen molar-refractivity contribution in [2.75, 3.05) is 19.4 Å². The van der Waals surface area contributed by atoms with E-state index < -0.39 is 0 Å². The summed E-state index contributed by atoms with van der Waals surface area (Å²) in [4.78, 5) is 2.13. The van der Waals surface area contributed by atoms with Crippen molar-refractivity contribution in [3.05, 3.63) is 65.5 Å². The Morgan fingerprint density at radius 2 is 1.68 bits per heavy atom. The van der Waals surface area contributed by atoms with E-state index in [9.17, 15) is 4.39 Å². The molecule has 2 aromatic rings. The van der Waals surface area contributed by atoms with Gasteiger partial charge in [0.2, 0.25) is 0 Å². The Morgan fingerprint density at radius 3 is 2.32 bits per heavy atom. The van der Waals surface area contributed by atoms with E-state index in [-0.39, 0.29) is 5.82 Å². The molecule has 0 spiro atoms. The maximum absolute atomic E-state index is 13.5. The molecule has 2 nitrogen and oxygen atoms in total. The Morgan fingerprint density at radius 1 is 1.00 bits per heavy atom. The fraction of sp³-hybridized carbons (Fsp3) is 0.250. The molecule has 19 heavy (non-hydrogen) atoms. The van der Waals surface area contributed by atoms with Gasteiger partial charge in [0.1, 0.15) is 5.82 Å². The number of hydrogen-bond donors (Lipinski definition) is 1. The lowest BCUT2D eigenvalue weighted by atomic mass is 10.2. The van der Waals surface area contributed by atoms with Crippen molar-refractivity contribution >= 4 is 5.69 Å². The molecule has 0 amide bonds. The van der Waals surface area contributed by atoms with Gasteiger partial charge in [-0.1, -0.05) is 30.3 Å². The van der Waals surface area contributed by atoms with Gasteiger partial charge in [0.15, 0.2) is 0 Å². The minimum Gasteiger partial charge on any atom is -0.381 e. The molecule has 0 unspecified atom stereocenters. The van der Waals surface area contributed by atoms with Gasteiger partial charge >= 0.3 is 0 Å². The topological polar surface area (TPSA) is 15.3 Å². The number of hydrogen-bond acceptors (Lipinski definition) is 2. The van der Waals surface area contributed by atoms with Crippen LogP contribution < -0.4 is 5.32 Å². The Labute approximate surface area is 113 Å². The van der Waals surface area contributed by atoms with Crippen LogP contribution in [0.25, 0.3) is 0 Å². The van der Waals surface area contributed by atoms with Gasteiger partial charge in [0, 0.05) is 24.3 Å².